The van der Waals surface area contributed by atoms with Crippen LogP contribution in [0.15, 0.2) is 53.9 Å². The SMILES string of the molecule is COC(=O)c1cc(-c2cccs2)nc2c1c(C)nn2-c1ccccc1. The maximum atomic E-state index is 12.4. The van der Waals surface area contributed by atoms with E-state index in [1.54, 1.807) is 22.1 Å². The van der Waals surface area contributed by atoms with Gasteiger partial charge in [-0.05, 0) is 36.6 Å². The Balaban J connectivity index is 2.07. The fraction of sp³-hybridized carbons (Fsp3) is 0.105. The minimum Gasteiger partial charge on any atom is -0.465 e. The Labute approximate surface area is 148 Å². The van der Waals surface area contributed by atoms with E-state index in [0.717, 1.165) is 27.3 Å². The van der Waals surface area contributed by atoms with E-state index in [4.69, 9.17) is 9.72 Å². The summed E-state index contributed by atoms with van der Waals surface area (Å²) in [7, 11) is 1.39. The van der Waals surface area contributed by atoms with Gasteiger partial charge in [0, 0.05) is 0 Å². The van der Waals surface area contributed by atoms with Gasteiger partial charge in [0.2, 0.25) is 0 Å². The number of pyridine rings is 1. The highest BCUT2D eigenvalue weighted by molar-refractivity contribution is 7.13. The highest BCUT2D eigenvalue weighted by Gasteiger charge is 2.21. The lowest BCUT2D eigenvalue weighted by Crippen LogP contribution is -2.04. The zero-order chi connectivity index (χ0) is 17.4. The topological polar surface area (TPSA) is 57.0 Å². The number of esters is 1. The van der Waals surface area contributed by atoms with Gasteiger partial charge in [-0.1, -0.05) is 24.3 Å². The zero-order valence-electron chi connectivity index (χ0n) is 13.8. The van der Waals surface area contributed by atoms with E-state index >= 15 is 0 Å². The highest BCUT2D eigenvalue weighted by atomic mass is 32.1. The Morgan fingerprint density at radius 2 is 1.96 bits per heavy atom. The van der Waals surface area contributed by atoms with E-state index in [2.05, 4.69) is 5.10 Å². The fourth-order valence-corrected chi connectivity index (χ4v) is 3.55. The molecule has 0 radical (unpaired) electrons. The van der Waals surface area contributed by atoms with Crippen LogP contribution in [-0.4, -0.2) is 27.8 Å². The Morgan fingerprint density at radius 1 is 1.16 bits per heavy atom. The van der Waals surface area contributed by atoms with Crippen LogP contribution < -0.4 is 0 Å². The molecule has 0 bridgehead atoms. The summed E-state index contributed by atoms with van der Waals surface area (Å²) in [6, 6.07) is 15.5. The van der Waals surface area contributed by atoms with E-state index < -0.39 is 0 Å². The third kappa shape index (κ3) is 2.60. The number of carbonyl (C=O) groups is 1. The number of hydrogen-bond acceptors (Lipinski definition) is 5. The Bertz CT molecular complexity index is 1050. The Morgan fingerprint density at radius 3 is 2.64 bits per heavy atom. The summed E-state index contributed by atoms with van der Waals surface area (Å²) in [4.78, 5) is 18.2. The lowest BCUT2D eigenvalue weighted by molar-refractivity contribution is 0.0603. The number of aryl methyl sites for hydroxylation is 1. The van der Waals surface area contributed by atoms with E-state index in [0.29, 0.717) is 11.2 Å². The molecular formula is C19H15N3O2S. The van der Waals surface area contributed by atoms with Gasteiger partial charge in [0.05, 0.1) is 40.0 Å². The van der Waals surface area contributed by atoms with Crippen LogP contribution in [0.25, 0.3) is 27.3 Å². The zero-order valence-corrected chi connectivity index (χ0v) is 14.6. The van der Waals surface area contributed by atoms with Crippen LogP contribution in [0.3, 0.4) is 0 Å². The predicted molar refractivity (Wildman–Crippen MR) is 98.3 cm³/mol. The van der Waals surface area contributed by atoms with Gasteiger partial charge in [-0.3, -0.25) is 0 Å². The standard InChI is InChI=1S/C19H15N3O2S/c1-12-17-14(19(23)24-2)11-15(16-9-6-10-25-16)20-18(17)22(21-12)13-7-4-3-5-8-13/h3-11H,1-2H3. The van der Waals surface area contributed by atoms with Crippen LogP contribution in [0.5, 0.6) is 0 Å². The van der Waals surface area contributed by atoms with Gasteiger partial charge >= 0.3 is 5.97 Å². The number of methoxy groups -OCH3 is 1. The predicted octanol–water partition coefficient (Wildman–Crippen LogP) is 4.24. The van der Waals surface area contributed by atoms with Crippen molar-refractivity contribution < 1.29 is 9.53 Å². The summed E-state index contributed by atoms with van der Waals surface area (Å²) in [5, 5.41) is 7.31. The van der Waals surface area contributed by atoms with E-state index in [9.17, 15) is 4.79 Å². The van der Waals surface area contributed by atoms with Crippen LogP contribution in [0, 0.1) is 6.92 Å². The van der Waals surface area contributed by atoms with E-state index in [1.807, 2.05) is 54.8 Å². The summed E-state index contributed by atoms with van der Waals surface area (Å²) in [5.41, 5.74) is 3.50. The van der Waals surface area contributed by atoms with Gasteiger partial charge in [-0.25, -0.2) is 14.5 Å². The molecule has 0 aliphatic heterocycles. The van der Waals surface area contributed by atoms with Crippen molar-refractivity contribution in [2.24, 2.45) is 0 Å². The van der Waals surface area contributed by atoms with E-state index in [-0.39, 0.29) is 5.97 Å². The molecule has 4 aromatic rings. The second-order valence-electron chi connectivity index (χ2n) is 5.56. The number of para-hydroxylation sites is 1. The minimum absolute atomic E-state index is 0.388. The molecule has 0 aliphatic rings. The molecular weight excluding hydrogens is 334 g/mol. The molecule has 0 saturated heterocycles. The first kappa shape index (κ1) is 15.5. The van der Waals surface area contributed by atoms with Crippen LogP contribution in [0.4, 0.5) is 0 Å². The van der Waals surface area contributed by atoms with Crippen molar-refractivity contribution in [3.63, 3.8) is 0 Å². The summed E-state index contributed by atoms with van der Waals surface area (Å²) in [5.74, 6) is -0.388. The van der Waals surface area contributed by atoms with Crippen LogP contribution in [0.2, 0.25) is 0 Å². The number of nitrogens with zero attached hydrogens (tertiary/aromatic N) is 3. The van der Waals surface area contributed by atoms with Gasteiger partial charge in [-0.2, -0.15) is 5.10 Å². The smallest absolute Gasteiger partial charge is 0.338 e. The Hall–Kier alpha value is -2.99. The summed E-state index contributed by atoms with van der Waals surface area (Å²) in [6.07, 6.45) is 0. The first-order valence-electron chi connectivity index (χ1n) is 7.77. The molecule has 3 heterocycles. The molecule has 0 N–H and O–H groups in total. The second-order valence-corrected chi connectivity index (χ2v) is 6.50. The molecule has 0 saturated carbocycles. The number of hydrogen-bond donors (Lipinski definition) is 0. The van der Waals surface area contributed by atoms with Crippen LogP contribution >= 0.6 is 11.3 Å². The van der Waals surface area contributed by atoms with Crippen molar-refractivity contribution >= 4 is 28.3 Å². The van der Waals surface area contributed by atoms with Crippen molar-refractivity contribution in [3.8, 4) is 16.3 Å². The largest absolute Gasteiger partial charge is 0.465 e. The van der Waals surface area contributed by atoms with Gasteiger partial charge < -0.3 is 4.74 Å². The quantitative estimate of drug-likeness (QED) is 0.519. The van der Waals surface area contributed by atoms with Crippen molar-refractivity contribution in [3.05, 3.63) is 65.2 Å². The van der Waals surface area contributed by atoms with Crippen molar-refractivity contribution in [1.82, 2.24) is 14.8 Å². The molecule has 6 heteroatoms. The number of thiophene rings is 1. The molecule has 0 spiro atoms. The highest BCUT2D eigenvalue weighted by Crippen LogP contribution is 2.30. The lowest BCUT2D eigenvalue weighted by Gasteiger charge is -2.07. The Kier molecular flexibility index (Phi) is 3.82. The number of benzene rings is 1. The fourth-order valence-electron chi connectivity index (χ4n) is 2.86. The third-order valence-electron chi connectivity index (χ3n) is 3.99. The summed E-state index contributed by atoms with van der Waals surface area (Å²) in [6.45, 7) is 1.88. The summed E-state index contributed by atoms with van der Waals surface area (Å²) < 4.78 is 6.76. The molecule has 25 heavy (non-hydrogen) atoms. The molecule has 0 aliphatic carbocycles. The van der Waals surface area contributed by atoms with Gasteiger partial charge in [-0.15, -0.1) is 11.3 Å². The van der Waals surface area contributed by atoms with E-state index in [1.165, 1.54) is 7.11 Å². The van der Waals surface area contributed by atoms with Gasteiger partial charge in [0.15, 0.2) is 5.65 Å². The molecule has 5 nitrogen and oxygen atoms in total. The first-order chi connectivity index (χ1) is 12.2. The van der Waals surface area contributed by atoms with Crippen molar-refractivity contribution in [1.29, 1.82) is 0 Å². The van der Waals surface area contributed by atoms with Crippen LogP contribution in [-0.2, 0) is 4.74 Å². The number of fused-ring (bicyclic) bond motifs is 1. The molecule has 0 unspecified atom stereocenters. The van der Waals surface area contributed by atoms with Crippen molar-refractivity contribution in [2.45, 2.75) is 6.92 Å². The molecule has 1 aromatic carbocycles. The summed E-state index contributed by atoms with van der Waals surface area (Å²) >= 11 is 1.58. The van der Waals surface area contributed by atoms with Gasteiger partial charge in [0.1, 0.15) is 0 Å². The molecule has 3 aromatic heterocycles. The molecule has 0 atom stereocenters. The first-order valence-corrected chi connectivity index (χ1v) is 8.65. The minimum atomic E-state index is -0.388. The molecule has 0 amide bonds. The molecule has 0 fully saturated rings. The lowest BCUT2D eigenvalue weighted by atomic mass is 10.1. The normalized spacial score (nSPS) is 11.0. The average Bonchev–Trinajstić information content (AvgIpc) is 3.29. The number of ether oxygens (including phenoxy) is 1. The number of aromatic nitrogens is 3. The van der Waals surface area contributed by atoms with Crippen LogP contribution in [0.1, 0.15) is 16.1 Å². The average molecular weight is 349 g/mol. The molecule has 124 valence electrons. The maximum Gasteiger partial charge on any atom is 0.338 e. The number of carbonyl (C=O) groups excluding carboxylic acids is 1. The molecule has 4 rings (SSSR count). The van der Waals surface area contributed by atoms with Gasteiger partial charge in [0.25, 0.3) is 0 Å². The maximum absolute atomic E-state index is 12.4. The second kappa shape index (κ2) is 6.14. The third-order valence-corrected chi connectivity index (χ3v) is 4.88. The van der Waals surface area contributed by atoms with Crippen molar-refractivity contribution in [2.75, 3.05) is 7.11 Å². The monoisotopic (exact) mass is 349 g/mol. The number of rotatable bonds is 3.